The number of carbonyl (C=O) groups is 1. The Bertz CT molecular complexity index is 725. The average molecular weight is 318 g/mol. The highest BCUT2D eigenvalue weighted by atomic mass is 32.1. The SMILES string of the molecule is CC(=O)Nc1nc2cc(B3OC(C)(C)C(C)(C)O3)ccc2s1. The van der Waals surface area contributed by atoms with E-state index in [1.165, 1.54) is 18.3 Å². The van der Waals surface area contributed by atoms with E-state index in [1.54, 1.807) is 0 Å². The minimum Gasteiger partial charge on any atom is -0.399 e. The highest BCUT2D eigenvalue weighted by Gasteiger charge is 2.51. The van der Waals surface area contributed by atoms with Gasteiger partial charge in [0.25, 0.3) is 0 Å². The summed E-state index contributed by atoms with van der Waals surface area (Å²) < 4.78 is 13.1. The van der Waals surface area contributed by atoms with Crippen LogP contribution in [0, 0.1) is 0 Å². The molecular formula is C15H19BN2O3S. The zero-order chi connectivity index (χ0) is 16.1. The third kappa shape index (κ3) is 2.64. The predicted octanol–water partition coefficient (Wildman–Crippen LogP) is 2.55. The van der Waals surface area contributed by atoms with Gasteiger partial charge in [-0.3, -0.25) is 4.79 Å². The van der Waals surface area contributed by atoms with Gasteiger partial charge in [0, 0.05) is 6.92 Å². The number of carbonyl (C=O) groups excluding carboxylic acids is 1. The number of thiazole rings is 1. The fourth-order valence-electron chi connectivity index (χ4n) is 2.27. The van der Waals surface area contributed by atoms with Gasteiger partial charge in [0.2, 0.25) is 5.91 Å². The van der Waals surface area contributed by atoms with Gasteiger partial charge in [-0.15, -0.1) is 0 Å². The van der Waals surface area contributed by atoms with Gasteiger partial charge >= 0.3 is 7.12 Å². The summed E-state index contributed by atoms with van der Waals surface area (Å²) in [6.07, 6.45) is 0. The van der Waals surface area contributed by atoms with Gasteiger partial charge in [-0.1, -0.05) is 17.4 Å². The lowest BCUT2D eigenvalue weighted by Gasteiger charge is -2.32. The Kier molecular flexibility index (Phi) is 3.54. The second kappa shape index (κ2) is 5.04. The first-order chi connectivity index (χ1) is 10.2. The van der Waals surface area contributed by atoms with E-state index in [4.69, 9.17) is 9.31 Å². The zero-order valence-electron chi connectivity index (χ0n) is 13.4. The van der Waals surface area contributed by atoms with Gasteiger partial charge in [-0.05, 0) is 45.3 Å². The molecule has 0 aliphatic carbocycles. The lowest BCUT2D eigenvalue weighted by atomic mass is 9.79. The van der Waals surface area contributed by atoms with Crippen LogP contribution in [0.25, 0.3) is 10.2 Å². The van der Waals surface area contributed by atoms with Crippen molar-refractivity contribution in [3.63, 3.8) is 0 Å². The minimum absolute atomic E-state index is 0.120. The molecule has 0 atom stereocenters. The summed E-state index contributed by atoms with van der Waals surface area (Å²) in [5.41, 5.74) is 1.04. The number of benzene rings is 1. The maximum atomic E-state index is 11.1. The fraction of sp³-hybridized carbons (Fsp3) is 0.467. The molecule has 5 nitrogen and oxygen atoms in total. The van der Waals surface area contributed by atoms with Gasteiger partial charge in [0.05, 0.1) is 21.4 Å². The number of hydrogen-bond donors (Lipinski definition) is 1. The first kappa shape index (κ1) is 15.5. The lowest BCUT2D eigenvalue weighted by molar-refractivity contribution is -0.114. The molecular weight excluding hydrogens is 299 g/mol. The summed E-state index contributed by atoms with van der Waals surface area (Å²) in [7, 11) is -0.402. The van der Waals surface area contributed by atoms with Crippen LogP contribution in [0.4, 0.5) is 5.13 Å². The van der Waals surface area contributed by atoms with E-state index in [2.05, 4.69) is 10.3 Å². The average Bonchev–Trinajstić information content (AvgIpc) is 2.85. The number of amides is 1. The van der Waals surface area contributed by atoms with Crippen LogP contribution in [0.1, 0.15) is 34.6 Å². The molecule has 1 fully saturated rings. The molecule has 116 valence electrons. The second-order valence-electron chi connectivity index (χ2n) is 6.52. The number of fused-ring (bicyclic) bond motifs is 1. The fourth-order valence-corrected chi connectivity index (χ4v) is 3.17. The topological polar surface area (TPSA) is 60.5 Å². The molecule has 0 radical (unpaired) electrons. The van der Waals surface area contributed by atoms with E-state index in [9.17, 15) is 4.79 Å². The van der Waals surface area contributed by atoms with Crippen molar-refractivity contribution in [3.8, 4) is 0 Å². The van der Waals surface area contributed by atoms with Crippen LogP contribution in [0.3, 0.4) is 0 Å². The molecule has 1 aromatic heterocycles. The van der Waals surface area contributed by atoms with Gasteiger partial charge in [-0.2, -0.15) is 0 Å². The third-order valence-electron chi connectivity index (χ3n) is 4.22. The van der Waals surface area contributed by atoms with E-state index in [0.29, 0.717) is 5.13 Å². The molecule has 0 unspecified atom stereocenters. The first-order valence-electron chi connectivity index (χ1n) is 7.22. The smallest absolute Gasteiger partial charge is 0.399 e. The largest absolute Gasteiger partial charge is 0.494 e. The zero-order valence-corrected chi connectivity index (χ0v) is 14.2. The minimum atomic E-state index is -0.402. The van der Waals surface area contributed by atoms with Gasteiger partial charge in [0.15, 0.2) is 5.13 Å². The number of nitrogens with one attached hydrogen (secondary N) is 1. The van der Waals surface area contributed by atoms with Crippen LogP contribution in [-0.2, 0) is 14.1 Å². The summed E-state index contributed by atoms with van der Waals surface area (Å²) >= 11 is 1.45. The Hall–Kier alpha value is -1.44. The molecule has 0 spiro atoms. The molecule has 1 N–H and O–H groups in total. The van der Waals surface area contributed by atoms with Crippen molar-refractivity contribution in [2.45, 2.75) is 45.8 Å². The summed E-state index contributed by atoms with van der Waals surface area (Å²) in [5.74, 6) is -0.120. The van der Waals surface area contributed by atoms with Crippen molar-refractivity contribution in [1.29, 1.82) is 0 Å². The van der Waals surface area contributed by atoms with Crippen LogP contribution in [0.5, 0.6) is 0 Å². The number of anilines is 1. The van der Waals surface area contributed by atoms with Crippen molar-refractivity contribution in [2.75, 3.05) is 5.32 Å². The molecule has 3 rings (SSSR count). The molecule has 7 heteroatoms. The van der Waals surface area contributed by atoms with E-state index in [-0.39, 0.29) is 17.1 Å². The van der Waals surface area contributed by atoms with Crippen LogP contribution < -0.4 is 10.8 Å². The predicted molar refractivity (Wildman–Crippen MR) is 89.6 cm³/mol. The molecule has 1 aliphatic heterocycles. The first-order valence-corrected chi connectivity index (χ1v) is 8.03. The van der Waals surface area contributed by atoms with E-state index < -0.39 is 7.12 Å². The van der Waals surface area contributed by atoms with E-state index in [0.717, 1.165) is 15.7 Å². The lowest BCUT2D eigenvalue weighted by Crippen LogP contribution is -2.41. The van der Waals surface area contributed by atoms with Crippen LogP contribution in [0.2, 0.25) is 0 Å². The standard InChI is InChI=1S/C15H19BN2O3S/c1-9(19)17-13-18-11-8-10(6-7-12(11)22-13)16-20-14(2,3)15(4,5)21-16/h6-8H,1-5H3,(H,17,18,19). The number of nitrogens with zero attached hydrogens (tertiary/aromatic N) is 1. The van der Waals surface area contributed by atoms with Crippen molar-refractivity contribution >= 4 is 45.2 Å². The molecule has 2 aromatic rings. The molecule has 1 aromatic carbocycles. The molecule has 1 amide bonds. The molecule has 2 heterocycles. The monoisotopic (exact) mass is 318 g/mol. The third-order valence-corrected chi connectivity index (χ3v) is 5.17. The van der Waals surface area contributed by atoms with E-state index >= 15 is 0 Å². The Morgan fingerprint density at radius 3 is 2.45 bits per heavy atom. The van der Waals surface area contributed by atoms with Crippen LogP contribution in [0.15, 0.2) is 18.2 Å². The summed E-state index contributed by atoms with van der Waals surface area (Å²) in [4.78, 5) is 15.6. The van der Waals surface area contributed by atoms with Crippen molar-refractivity contribution in [1.82, 2.24) is 4.98 Å². The molecule has 0 bridgehead atoms. The highest BCUT2D eigenvalue weighted by Crippen LogP contribution is 2.36. The quantitative estimate of drug-likeness (QED) is 0.865. The second-order valence-corrected chi connectivity index (χ2v) is 7.55. The molecule has 1 aliphatic rings. The maximum absolute atomic E-state index is 11.1. The van der Waals surface area contributed by atoms with Crippen LogP contribution in [-0.4, -0.2) is 29.2 Å². The molecule has 22 heavy (non-hydrogen) atoms. The normalized spacial score (nSPS) is 19.6. The van der Waals surface area contributed by atoms with Gasteiger partial charge < -0.3 is 14.6 Å². The Labute approximate surface area is 134 Å². The maximum Gasteiger partial charge on any atom is 0.494 e. The summed E-state index contributed by atoms with van der Waals surface area (Å²) in [6, 6.07) is 5.93. The number of rotatable bonds is 2. The van der Waals surface area contributed by atoms with Gasteiger partial charge in [-0.25, -0.2) is 4.98 Å². The van der Waals surface area contributed by atoms with E-state index in [1.807, 2.05) is 45.9 Å². The highest BCUT2D eigenvalue weighted by molar-refractivity contribution is 7.22. The molecule has 0 saturated carbocycles. The Balaban J connectivity index is 1.91. The summed E-state index contributed by atoms with van der Waals surface area (Å²) in [6.45, 7) is 9.60. The number of hydrogen-bond acceptors (Lipinski definition) is 5. The number of aromatic nitrogens is 1. The molecule has 1 saturated heterocycles. The van der Waals surface area contributed by atoms with Crippen molar-refractivity contribution < 1.29 is 14.1 Å². The van der Waals surface area contributed by atoms with Gasteiger partial charge in [0.1, 0.15) is 0 Å². The van der Waals surface area contributed by atoms with Crippen LogP contribution >= 0.6 is 11.3 Å². The Morgan fingerprint density at radius 2 is 1.86 bits per heavy atom. The summed E-state index contributed by atoms with van der Waals surface area (Å²) in [5, 5.41) is 3.32. The van der Waals surface area contributed by atoms with Crippen molar-refractivity contribution in [2.24, 2.45) is 0 Å². The van der Waals surface area contributed by atoms with Crippen molar-refractivity contribution in [3.05, 3.63) is 18.2 Å². The Morgan fingerprint density at radius 1 is 1.23 bits per heavy atom.